The van der Waals surface area contributed by atoms with Crippen LogP contribution in [0.4, 0.5) is 4.79 Å². The maximum absolute atomic E-state index is 12.4. The molecule has 2 rings (SSSR count). The standard InChI is InChI=1S/C18H18BrNO4S/c1-4-7-20-17(21)16(25-18(20)22)10-12-9-14(23-6-3)15(11-13(12)19)24-8-5-2/h2,9-11H,4,6-8H2,1,3H3/b16-10+. The fourth-order valence-electron chi connectivity index (χ4n) is 2.22. The predicted molar refractivity (Wildman–Crippen MR) is 103 cm³/mol. The van der Waals surface area contributed by atoms with E-state index in [0.717, 1.165) is 23.7 Å². The first-order chi connectivity index (χ1) is 12.0. The van der Waals surface area contributed by atoms with Crippen molar-refractivity contribution in [1.82, 2.24) is 4.90 Å². The first kappa shape index (κ1) is 19.4. The molecule has 0 aromatic heterocycles. The van der Waals surface area contributed by atoms with Crippen molar-refractivity contribution in [3.05, 3.63) is 27.1 Å². The molecular formula is C18H18BrNO4S. The number of nitrogens with zero attached hydrogens (tertiary/aromatic N) is 1. The summed E-state index contributed by atoms with van der Waals surface area (Å²) in [5.74, 6) is 3.19. The zero-order valence-corrected chi connectivity index (χ0v) is 16.4. The molecule has 0 atom stereocenters. The van der Waals surface area contributed by atoms with Crippen LogP contribution in [0.5, 0.6) is 11.5 Å². The van der Waals surface area contributed by atoms with Crippen molar-refractivity contribution in [3.63, 3.8) is 0 Å². The summed E-state index contributed by atoms with van der Waals surface area (Å²) in [6.45, 7) is 4.80. The van der Waals surface area contributed by atoms with Crippen LogP contribution >= 0.6 is 27.7 Å². The van der Waals surface area contributed by atoms with Crippen LogP contribution in [0.25, 0.3) is 6.08 Å². The lowest BCUT2D eigenvalue weighted by Gasteiger charge is -2.13. The molecule has 0 bridgehead atoms. The highest BCUT2D eigenvalue weighted by Gasteiger charge is 2.34. The third kappa shape index (κ3) is 4.59. The van der Waals surface area contributed by atoms with Crippen molar-refractivity contribution in [2.45, 2.75) is 20.3 Å². The fourth-order valence-corrected chi connectivity index (χ4v) is 3.51. The van der Waals surface area contributed by atoms with Crippen molar-refractivity contribution < 1.29 is 19.1 Å². The highest BCUT2D eigenvalue weighted by molar-refractivity contribution is 9.10. The van der Waals surface area contributed by atoms with Gasteiger partial charge in [-0.25, -0.2) is 0 Å². The Balaban J connectivity index is 2.36. The minimum Gasteiger partial charge on any atom is -0.490 e. The third-order valence-electron chi connectivity index (χ3n) is 3.28. The smallest absolute Gasteiger partial charge is 0.293 e. The van der Waals surface area contributed by atoms with E-state index in [2.05, 4.69) is 21.9 Å². The molecule has 0 spiro atoms. The second-order valence-electron chi connectivity index (χ2n) is 5.08. The molecule has 0 aliphatic carbocycles. The average molecular weight is 424 g/mol. The van der Waals surface area contributed by atoms with Crippen LogP contribution in [-0.4, -0.2) is 35.8 Å². The molecular weight excluding hydrogens is 406 g/mol. The Morgan fingerprint density at radius 1 is 1.28 bits per heavy atom. The van der Waals surface area contributed by atoms with E-state index in [-0.39, 0.29) is 17.8 Å². The highest BCUT2D eigenvalue weighted by atomic mass is 79.9. The molecule has 0 unspecified atom stereocenters. The first-order valence-electron chi connectivity index (χ1n) is 7.79. The largest absolute Gasteiger partial charge is 0.490 e. The van der Waals surface area contributed by atoms with Gasteiger partial charge in [0.05, 0.1) is 11.5 Å². The van der Waals surface area contributed by atoms with E-state index in [4.69, 9.17) is 15.9 Å². The van der Waals surface area contributed by atoms with Crippen LogP contribution in [0.2, 0.25) is 0 Å². The van der Waals surface area contributed by atoms with Crippen LogP contribution in [0.15, 0.2) is 21.5 Å². The Labute approximate surface area is 159 Å². The van der Waals surface area contributed by atoms with E-state index in [9.17, 15) is 9.59 Å². The number of amides is 2. The number of rotatable bonds is 7. The molecule has 0 saturated carbocycles. The van der Waals surface area contributed by atoms with Crippen LogP contribution in [0, 0.1) is 12.3 Å². The summed E-state index contributed by atoms with van der Waals surface area (Å²) in [7, 11) is 0. The first-order valence-corrected chi connectivity index (χ1v) is 9.40. The predicted octanol–water partition coefficient (Wildman–Crippen LogP) is 4.31. The van der Waals surface area contributed by atoms with E-state index in [0.29, 0.717) is 34.0 Å². The van der Waals surface area contributed by atoms with Gasteiger partial charge in [-0.05, 0) is 48.9 Å². The van der Waals surface area contributed by atoms with Crippen molar-refractivity contribution in [1.29, 1.82) is 0 Å². The Hall–Kier alpha value is -1.91. The maximum Gasteiger partial charge on any atom is 0.293 e. The highest BCUT2D eigenvalue weighted by Crippen LogP contribution is 2.38. The van der Waals surface area contributed by atoms with Crippen LogP contribution < -0.4 is 9.47 Å². The van der Waals surface area contributed by atoms with Crippen molar-refractivity contribution >= 4 is 44.9 Å². The number of imide groups is 1. The van der Waals surface area contributed by atoms with Gasteiger partial charge in [-0.15, -0.1) is 6.42 Å². The molecule has 7 heteroatoms. The number of hydrogen-bond acceptors (Lipinski definition) is 5. The summed E-state index contributed by atoms with van der Waals surface area (Å²) in [5.41, 5.74) is 0.721. The van der Waals surface area contributed by atoms with Gasteiger partial charge in [0.1, 0.15) is 6.61 Å². The van der Waals surface area contributed by atoms with E-state index < -0.39 is 0 Å². The van der Waals surface area contributed by atoms with Crippen LogP contribution in [0.1, 0.15) is 25.8 Å². The zero-order valence-electron chi connectivity index (χ0n) is 14.0. The lowest BCUT2D eigenvalue weighted by atomic mass is 10.1. The number of terminal acetylenes is 1. The quantitative estimate of drug-likeness (QED) is 0.483. The Bertz CT molecular complexity index is 754. The molecule has 1 aromatic carbocycles. The van der Waals surface area contributed by atoms with Gasteiger partial charge in [-0.2, -0.15) is 0 Å². The van der Waals surface area contributed by atoms with Gasteiger partial charge in [0, 0.05) is 11.0 Å². The lowest BCUT2D eigenvalue weighted by molar-refractivity contribution is -0.122. The Morgan fingerprint density at radius 3 is 2.64 bits per heavy atom. The summed E-state index contributed by atoms with van der Waals surface area (Å²) in [5, 5.41) is -0.242. The number of thioether (sulfide) groups is 1. The molecule has 0 N–H and O–H groups in total. The van der Waals surface area contributed by atoms with Gasteiger partial charge < -0.3 is 9.47 Å². The van der Waals surface area contributed by atoms with Crippen LogP contribution in [-0.2, 0) is 4.79 Å². The zero-order chi connectivity index (χ0) is 18.4. The number of halogens is 1. The Morgan fingerprint density at radius 2 is 2.00 bits per heavy atom. The molecule has 0 radical (unpaired) electrons. The summed E-state index contributed by atoms with van der Waals surface area (Å²) in [4.78, 5) is 26.0. The average Bonchev–Trinajstić information content (AvgIpc) is 2.84. The summed E-state index contributed by atoms with van der Waals surface area (Å²) in [6.07, 6.45) is 7.63. The monoisotopic (exact) mass is 423 g/mol. The van der Waals surface area contributed by atoms with Gasteiger partial charge in [-0.3, -0.25) is 14.5 Å². The SMILES string of the molecule is C#CCOc1cc(Br)c(/C=C2/SC(=O)N(CCC)C2=O)cc1OCC. The van der Waals surface area contributed by atoms with Gasteiger partial charge in [0.25, 0.3) is 11.1 Å². The summed E-state index contributed by atoms with van der Waals surface area (Å²) >= 11 is 4.40. The molecule has 1 aliphatic rings. The maximum atomic E-state index is 12.4. The van der Waals surface area contributed by atoms with Gasteiger partial charge in [0.2, 0.25) is 0 Å². The third-order valence-corrected chi connectivity index (χ3v) is 4.88. The molecule has 25 heavy (non-hydrogen) atoms. The number of benzene rings is 1. The van der Waals surface area contributed by atoms with E-state index >= 15 is 0 Å². The Kier molecular flexibility index (Phi) is 6.97. The van der Waals surface area contributed by atoms with E-state index in [1.807, 2.05) is 13.8 Å². The van der Waals surface area contributed by atoms with E-state index in [1.54, 1.807) is 18.2 Å². The van der Waals surface area contributed by atoms with Crippen molar-refractivity contribution in [3.8, 4) is 23.8 Å². The minimum atomic E-state index is -0.269. The number of ether oxygens (including phenoxy) is 2. The molecule has 2 amide bonds. The summed E-state index contributed by atoms with van der Waals surface area (Å²) in [6, 6.07) is 3.50. The second-order valence-corrected chi connectivity index (χ2v) is 6.93. The molecule has 132 valence electrons. The summed E-state index contributed by atoms with van der Waals surface area (Å²) < 4.78 is 11.8. The molecule has 1 fully saturated rings. The lowest BCUT2D eigenvalue weighted by Crippen LogP contribution is -2.28. The molecule has 1 aromatic rings. The molecule has 1 aliphatic heterocycles. The van der Waals surface area contributed by atoms with Gasteiger partial charge in [-0.1, -0.05) is 28.8 Å². The number of carbonyl (C=O) groups excluding carboxylic acids is 2. The van der Waals surface area contributed by atoms with Crippen molar-refractivity contribution in [2.24, 2.45) is 0 Å². The molecule has 1 heterocycles. The van der Waals surface area contributed by atoms with Gasteiger partial charge >= 0.3 is 0 Å². The topological polar surface area (TPSA) is 55.8 Å². The fraction of sp³-hybridized carbons (Fsp3) is 0.333. The number of hydrogen-bond donors (Lipinski definition) is 0. The second kappa shape index (κ2) is 8.97. The van der Waals surface area contributed by atoms with Gasteiger partial charge in [0.15, 0.2) is 11.5 Å². The van der Waals surface area contributed by atoms with Crippen LogP contribution in [0.3, 0.4) is 0 Å². The molecule has 1 saturated heterocycles. The number of carbonyl (C=O) groups is 2. The van der Waals surface area contributed by atoms with Crippen molar-refractivity contribution in [2.75, 3.05) is 19.8 Å². The minimum absolute atomic E-state index is 0.127. The normalized spacial score (nSPS) is 15.6. The van der Waals surface area contributed by atoms with E-state index in [1.165, 1.54) is 4.90 Å². The molecule has 5 nitrogen and oxygen atoms in total.